The van der Waals surface area contributed by atoms with Gasteiger partial charge in [-0.15, -0.1) is 0 Å². The van der Waals surface area contributed by atoms with E-state index < -0.39 is 5.97 Å². The lowest BCUT2D eigenvalue weighted by Gasteiger charge is -2.25. The quantitative estimate of drug-likeness (QED) is 0.593. The van der Waals surface area contributed by atoms with Crippen molar-refractivity contribution in [3.8, 4) is 0 Å². The fourth-order valence-electron chi connectivity index (χ4n) is 3.78. The van der Waals surface area contributed by atoms with Crippen LogP contribution in [0.5, 0.6) is 0 Å². The van der Waals surface area contributed by atoms with Gasteiger partial charge in [0, 0.05) is 42.8 Å². The van der Waals surface area contributed by atoms with Gasteiger partial charge >= 0.3 is 5.97 Å². The second-order valence-electron chi connectivity index (χ2n) is 7.41. The summed E-state index contributed by atoms with van der Waals surface area (Å²) in [4.78, 5) is 29.8. The Kier molecular flexibility index (Phi) is 5.85. The average molecular weight is 425 g/mol. The number of anilines is 1. The second kappa shape index (κ2) is 8.73. The van der Waals surface area contributed by atoms with Crippen LogP contribution in [0.1, 0.15) is 29.3 Å². The first kappa shape index (κ1) is 20.8. The highest BCUT2D eigenvalue weighted by Crippen LogP contribution is 2.29. The molecular weight excluding hydrogens is 401 g/mol. The minimum Gasteiger partial charge on any atom is -0.462 e. The van der Waals surface area contributed by atoms with Crippen molar-refractivity contribution < 1.29 is 18.7 Å². The Labute approximate surface area is 178 Å². The highest BCUT2D eigenvalue weighted by Gasteiger charge is 2.22. The van der Waals surface area contributed by atoms with Crippen LogP contribution >= 0.6 is 0 Å². The van der Waals surface area contributed by atoms with E-state index in [1.165, 1.54) is 28.6 Å². The first-order chi connectivity index (χ1) is 15.0. The lowest BCUT2D eigenvalue weighted by Crippen LogP contribution is -2.36. The molecule has 2 aromatic heterocycles. The van der Waals surface area contributed by atoms with Gasteiger partial charge in [0.05, 0.1) is 19.3 Å². The summed E-state index contributed by atoms with van der Waals surface area (Å²) in [6, 6.07) is 4.73. The van der Waals surface area contributed by atoms with Crippen molar-refractivity contribution in [3.05, 3.63) is 53.6 Å². The number of amides is 1. The molecule has 2 N–H and O–H groups in total. The maximum Gasteiger partial charge on any atom is 0.343 e. The topological polar surface area (TPSA) is 92.2 Å². The van der Waals surface area contributed by atoms with Gasteiger partial charge in [-0.25, -0.2) is 9.18 Å². The van der Waals surface area contributed by atoms with Crippen LogP contribution in [0.25, 0.3) is 16.5 Å². The van der Waals surface area contributed by atoms with Gasteiger partial charge in [-0.3, -0.25) is 14.4 Å². The molecule has 3 aromatic rings. The van der Waals surface area contributed by atoms with Crippen molar-refractivity contribution in [2.75, 3.05) is 31.6 Å². The highest BCUT2D eigenvalue weighted by molar-refractivity contribution is 6.00. The number of aryl methyl sites for hydroxylation is 1. The smallest absolute Gasteiger partial charge is 0.343 e. The number of hydrogen-bond acceptors (Lipinski definition) is 5. The molecule has 4 rings (SSSR count). The molecule has 0 saturated heterocycles. The van der Waals surface area contributed by atoms with Gasteiger partial charge in [0.2, 0.25) is 5.91 Å². The Morgan fingerprint density at radius 2 is 2.19 bits per heavy atom. The molecule has 1 aliphatic heterocycles. The van der Waals surface area contributed by atoms with Crippen molar-refractivity contribution in [2.45, 2.75) is 13.3 Å². The largest absolute Gasteiger partial charge is 0.462 e. The fraction of sp³-hybridized carbons (Fsp3) is 0.318. The maximum atomic E-state index is 13.4. The molecule has 0 atom stereocenters. The van der Waals surface area contributed by atoms with Crippen LogP contribution in [0.2, 0.25) is 0 Å². The average Bonchev–Trinajstić information content (AvgIpc) is 3.32. The lowest BCUT2D eigenvalue weighted by atomic mass is 9.99. The molecule has 162 valence electrons. The number of carbonyl (C=O) groups is 2. The van der Waals surface area contributed by atoms with Gasteiger partial charge in [-0.05, 0) is 37.1 Å². The zero-order chi connectivity index (χ0) is 22.0. The monoisotopic (exact) mass is 425 g/mol. The van der Waals surface area contributed by atoms with Crippen LogP contribution < -0.4 is 5.32 Å². The number of fused-ring (bicyclic) bond motifs is 1. The third kappa shape index (κ3) is 4.36. The first-order valence-corrected chi connectivity index (χ1v) is 10.1. The van der Waals surface area contributed by atoms with E-state index in [4.69, 9.17) is 4.74 Å². The number of carbonyl (C=O) groups excluding carboxylic acids is 2. The number of nitrogens with zero attached hydrogens (tertiary/aromatic N) is 3. The van der Waals surface area contributed by atoms with Crippen molar-refractivity contribution in [1.82, 2.24) is 19.7 Å². The van der Waals surface area contributed by atoms with Gasteiger partial charge in [-0.2, -0.15) is 5.10 Å². The Balaban J connectivity index is 1.40. The van der Waals surface area contributed by atoms with Crippen molar-refractivity contribution in [2.24, 2.45) is 7.05 Å². The van der Waals surface area contributed by atoms with Crippen LogP contribution in [0.3, 0.4) is 0 Å². The van der Waals surface area contributed by atoms with Gasteiger partial charge in [0.25, 0.3) is 0 Å². The summed E-state index contributed by atoms with van der Waals surface area (Å²) in [5.41, 5.74) is 3.24. The molecule has 9 heteroatoms. The summed E-state index contributed by atoms with van der Waals surface area (Å²) in [5, 5.41) is 7.80. The van der Waals surface area contributed by atoms with Crippen LogP contribution in [-0.4, -0.2) is 57.8 Å². The summed E-state index contributed by atoms with van der Waals surface area (Å²) >= 11 is 0. The lowest BCUT2D eigenvalue weighted by molar-refractivity contribution is -0.117. The molecule has 3 heterocycles. The van der Waals surface area contributed by atoms with E-state index in [1.807, 2.05) is 11.1 Å². The van der Waals surface area contributed by atoms with E-state index >= 15 is 0 Å². The molecule has 0 saturated carbocycles. The summed E-state index contributed by atoms with van der Waals surface area (Å²) in [6.07, 6.45) is 6.16. The normalized spacial score (nSPS) is 14.5. The number of nitrogens with one attached hydrogen (secondary N) is 2. The summed E-state index contributed by atoms with van der Waals surface area (Å²) in [5.74, 6) is -0.693. The third-order valence-electron chi connectivity index (χ3n) is 5.34. The minimum absolute atomic E-state index is 0.191. The van der Waals surface area contributed by atoms with E-state index in [0.29, 0.717) is 18.9 Å². The predicted molar refractivity (Wildman–Crippen MR) is 115 cm³/mol. The van der Waals surface area contributed by atoms with Gasteiger partial charge in [-0.1, -0.05) is 6.08 Å². The molecule has 1 aromatic carbocycles. The molecule has 1 aliphatic rings. The van der Waals surface area contributed by atoms with Crippen molar-refractivity contribution in [1.29, 1.82) is 0 Å². The van der Waals surface area contributed by atoms with Crippen LogP contribution in [0.4, 0.5) is 10.2 Å². The highest BCUT2D eigenvalue weighted by atomic mass is 19.1. The number of H-pyrrole nitrogens is 1. The zero-order valence-electron chi connectivity index (χ0n) is 17.4. The molecule has 0 unspecified atom stereocenters. The van der Waals surface area contributed by atoms with Gasteiger partial charge in [0.1, 0.15) is 17.2 Å². The SMILES string of the molecule is CCOC(=O)c1cnn(C)c1NC(=O)CN1CC=C(c2c[nH]c3cc(F)ccc23)CC1. The molecule has 8 nitrogen and oxygen atoms in total. The summed E-state index contributed by atoms with van der Waals surface area (Å²) < 4.78 is 19.9. The van der Waals surface area contributed by atoms with Crippen LogP contribution in [0.15, 0.2) is 36.7 Å². The first-order valence-electron chi connectivity index (χ1n) is 10.1. The number of rotatable bonds is 6. The molecule has 0 aliphatic carbocycles. The molecule has 31 heavy (non-hydrogen) atoms. The van der Waals surface area contributed by atoms with Crippen LogP contribution in [0, 0.1) is 5.82 Å². The van der Waals surface area contributed by atoms with Gasteiger partial charge in [0.15, 0.2) is 0 Å². The number of esters is 1. The standard InChI is InChI=1S/C22H24FN5O3/c1-3-31-22(30)18-12-25-27(2)21(18)26-20(29)13-28-8-6-14(7-9-28)17-11-24-19-10-15(23)4-5-16(17)19/h4-6,10-12,24H,3,7-9,13H2,1-2H3,(H,26,29). The number of aromatic amines is 1. The molecule has 0 fully saturated rings. The van der Waals surface area contributed by atoms with Crippen molar-refractivity contribution >= 4 is 34.2 Å². The molecular formula is C22H24FN5O3. The van der Waals surface area contributed by atoms with E-state index in [9.17, 15) is 14.0 Å². The predicted octanol–water partition coefficient (Wildman–Crippen LogP) is 2.95. The molecule has 0 bridgehead atoms. The van der Waals surface area contributed by atoms with E-state index in [0.717, 1.165) is 22.9 Å². The van der Waals surface area contributed by atoms with Crippen LogP contribution in [-0.2, 0) is 16.6 Å². The number of ether oxygens (including phenoxy) is 1. The Morgan fingerprint density at radius 3 is 2.94 bits per heavy atom. The van der Waals surface area contributed by atoms with Crippen molar-refractivity contribution in [3.63, 3.8) is 0 Å². The van der Waals surface area contributed by atoms with Gasteiger partial charge < -0.3 is 15.0 Å². The number of hydrogen-bond donors (Lipinski definition) is 2. The van der Waals surface area contributed by atoms with E-state index in [2.05, 4.69) is 21.5 Å². The Bertz CT molecular complexity index is 1160. The van der Waals surface area contributed by atoms with E-state index in [-0.39, 0.29) is 30.4 Å². The van der Waals surface area contributed by atoms with E-state index in [1.54, 1.807) is 20.0 Å². The zero-order valence-corrected chi connectivity index (χ0v) is 17.4. The summed E-state index contributed by atoms with van der Waals surface area (Å²) in [7, 11) is 1.65. The summed E-state index contributed by atoms with van der Waals surface area (Å²) in [6.45, 7) is 3.49. The number of aromatic nitrogens is 3. The Morgan fingerprint density at radius 1 is 1.35 bits per heavy atom. The molecule has 0 spiro atoms. The number of benzene rings is 1. The number of halogens is 1. The second-order valence-corrected chi connectivity index (χ2v) is 7.41. The molecule has 1 amide bonds. The Hall–Kier alpha value is -3.46. The fourth-order valence-corrected chi connectivity index (χ4v) is 3.78. The molecule has 0 radical (unpaired) electrons. The third-order valence-corrected chi connectivity index (χ3v) is 5.34. The minimum atomic E-state index is -0.518. The maximum absolute atomic E-state index is 13.4.